The molecule has 0 spiro atoms. The first-order chi connectivity index (χ1) is 10.3. The van der Waals surface area contributed by atoms with Crippen molar-refractivity contribution in [1.82, 2.24) is 10.6 Å². The molecule has 0 bridgehead atoms. The number of furan rings is 1. The van der Waals surface area contributed by atoms with E-state index in [-0.39, 0.29) is 24.0 Å². The average Bonchev–Trinajstić information content (AvgIpc) is 3.17. The van der Waals surface area contributed by atoms with E-state index in [0.29, 0.717) is 12.0 Å². The maximum atomic E-state index is 5.40. The van der Waals surface area contributed by atoms with Gasteiger partial charge in [0, 0.05) is 38.1 Å². The SMILES string of the molecule is CCC(C)NC(=NCC1CCOC1)NCCc1ccco1.I. The minimum atomic E-state index is 0. The first-order valence-electron chi connectivity index (χ1n) is 7.93. The average molecular weight is 421 g/mol. The summed E-state index contributed by atoms with van der Waals surface area (Å²) in [6.07, 6.45) is 4.76. The maximum absolute atomic E-state index is 5.40. The molecular formula is C16H28IN3O2. The van der Waals surface area contributed by atoms with E-state index in [1.807, 2.05) is 12.1 Å². The second kappa shape index (κ2) is 10.9. The molecule has 6 heteroatoms. The highest BCUT2D eigenvalue weighted by Gasteiger charge is 2.15. The largest absolute Gasteiger partial charge is 0.469 e. The third kappa shape index (κ3) is 7.00. The van der Waals surface area contributed by atoms with Gasteiger partial charge >= 0.3 is 0 Å². The lowest BCUT2D eigenvalue weighted by Crippen LogP contribution is -2.43. The molecule has 2 heterocycles. The van der Waals surface area contributed by atoms with Gasteiger partial charge in [-0.3, -0.25) is 4.99 Å². The lowest BCUT2D eigenvalue weighted by molar-refractivity contribution is 0.187. The molecule has 1 aliphatic heterocycles. The molecule has 1 aromatic heterocycles. The van der Waals surface area contributed by atoms with Gasteiger partial charge in [0.1, 0.15) is 5.76 Å². The van der Waals surface area contributed by atoms with Crippen molar-refractivity contribution in [1.29, 1.82) is 0 Å². The number of nitrogens with one attached hydrogen (secondary N) is 2. The Labute approximate surface area is 150 Å². The summed E-state index contributed by atoms with van der Waals surface area (Å²) in [5.74, 6) is 2.45. The minimum absolute atomic E-state index is 0. The number of guanidine groups is 1. The summed E-state index contributed by atoms with van der Waals surface area (Å²) >= 11 is 0. The molecule has 1 aliphatic rings. The van der Waals surface area contributed by atoms with E-state index in [0.717, 1.165) is 57.3 Å². The predicted octanol–water partition coefficient (Wildman–Crippen LogP) is 2.81. The van der Waals surface area contributed by atoms with Gasteiger partial charge in [-0.15, -0.1) is 24.0 Å². The fourth-order valence-corrected chi connectivity index (χ4v) is 2.19. The molecule has 0 saturated carbocycles. The van der Waals surface area contributed by atoms with Crippen LogP contribution in [0, 0.1) is 5.92 Å². The van der Waals surface area contributed by atoms with Crippen LogP contribution < -0.4 is 10.6 Å². The van der Waals surface area contributed by atoms with Crippen LogP contribution in [0.5, 0.6) is 0 Å². The van der Waals surface area contributed by atoms with E-state index in [9.17, 15) is 0 Å². The van der Waals surface area contributed by atoms with Crippen molar-refractivity contribution in [3.63, 3.8) is 0 Å². The summed E-state index contributed by atoms with van der Waals surface area (Å²) in [7, 11) is 0. The van der Waals surface area contributed by atoms with Crippen LogP contribution in [0.1, 0.15) is 32.4 Å². The van der Waals surface area contributed by atoms with E-state index in [2.05, 4.69) is 24.5 Å². The van der Waals surface area contributed by atoms with Gasteiger partial charge in [-0.05, 0) is 31.9 Å². The van der Waals surface area contributed by atoms with E-state index in [1.54, 1.807) is 6.26 Å². The molecule has 2 rings (SSSR count). The van der Waals surface area contributed by atoms with Crippen molar-refractivity contribution in [3.8, 4) is 0 Å². The van der Waals surface area contributed by atoms with Gasteiger partial charge in [-0.25, -0.2) is 0 Å². The fourth-order valence-electron chi connectivity index (χ4n) is 2.19. The van der Waals surface area contributed by atoms with Crippen molar-refractivity contribution in [2.24, 2.45) is 10.9 Å². The Morgan fingerprint density at radius 2 is 2.36 bits per heavy atom. The zero-order valence-corrected chi connectivity index (χ0v) is 15.8. The van der Waals surface area contributed by atoms with E-state index >= 15 is 0 Å². The van der Waals surface area contributed by atoms with Crippen LogP contribution in [-0.4, -0.2) is 38.3 Å². The van der Waals surface area contributed by atoms with Crippen molar-refractivity contribution < 1.29 is 9.15 Å². The summed E-state index contributed by atoms with van der Waals surface area (Å²) in [6.45, 7) is 7.70. The zero-order chi connectivity index (χ0) is 14.9. The van der Waals surface area contributed by atoms with Crippen LogP contribution in [0.2, 0.25) is 0 Å². The second-order valence-corrected chi connectivity index (χ2v) is 5.63. The Morgan fingerprint density at radius 1 is 1.50 bits per heavy atom. The van der Waals surface area contributed by atoms with Crippen molar-refractivity contribution >= 4 is 29.9 Å². The van der Waals surface area contributed by atoms with Gasteiger partial charge in [0.2, 0.25) is 0 Å². The topological polar surface area (TPSA) is 58.8 Å². The molecular weight excluding hydrogens is 393 g/mol. The van der Waals surface area contributed by atoms with Gasteiger partial charge in [0.15, 0.2) is 5.96 Å². The summed E-state index contributed by atoms with van der Waals surface area (Å²) in [6, 6.07) is 4.33. The van der Waals surface area contributed by atoms with Gasteiger partial charge in [-0.1, -0.05) is 6.92 Å². The highest BCUT2D eigenvalue weighted by Crippen LogP contribution is 2.12. The molecule has 0 aromatic carbocycles. The lowest BCUT2D eigenvalue weighted by Gasteiger charge is -2.17. The molecule has 22 heavy (non-hydrogen) atoms. The Bertz CT molecular complexity index is 417. The molecule has 0 aliphatic carbocycles. The summed E-state index contributed by atoms with van der Waals surface area (Å²) in [4.78, 5) is 4.70. The second-order valence-electron chi connectivity index (χ2n) is 5.63. The van der Waals surface area contributed by atoms with Crippen LogP contribution in [-0.2, 0) is 11.2 Å². The van der Waals surface area contributed by atoms with Crippen molar-refractivity contribution in [2.45, 2.75) is 39.2 Å². The molecule has 0 radical (unpaired) electrons. The van der Waals surface area contributed by atoms with E-state index in [4.69, 9.17) is 14.1 Å². The maximum Gasteiger partial charge on any atom is 0.191 e. The molecule has 0 amide bonds. The lowest BCUT2D eigenvalue weighted by atomic mass is 10.1. The highest BCUT2D eigenvalue weighted by atomic mass is 127. The summed E-state index contributed by atoms with van der Waals surface area (Å²) in [5.41, 5.74) is 0. The first-order valence-corrected chi connectivity index (χ1v) is 7.93. The fraction of sp³-hybridized carbons (Fsp3) is 0.688. The van der Waals surface area contributed by atoms with Gasteiger partial charge in [0.25, 0.3) is 0 Å². The zero-order valence-electron chi connectivity index (χ0n) is 13.5. The first kappa shape index (κ1) is 19.3. The van der Waals surface area contributed by atoms with Crippen LogP contribution >= 0.6 is 24.0 Å². The van der Waals surface area contributed by atoms with Gasteiger partial charge < -0.3 is 19.8 Å². The molecule has 1 aromatic rings. The monoisotopic (exact) mass is 421 g/mol. The third-order valence-corrected chi connectivity index (χ3v) is 3.77. The Balaban J connectivity index is 0.00000242. The number of halogens is 1. The summed E-state index contributed by atoms with van der Waals surface area (Å²) < 4.78 is 10.7. The standard InChI is InChI=1S/C16H27N3O2.HI/c1-3-13(2)19-16(18-11-14-7-10-20-12-14)17-8-6-15-5-4-9-21-15;/h4-5,9,13-14H,3,6-8,10-12H2,1-2H3,(H2,17,18,19);1H. The van der Waals surface area contributed by atoms with Gasteiger partial charge in [0.05, 0.1) is 12.9 Å². The molecule has 1 fully saturated rings. The van der Waals surface area contributed by atoms with Crippen LogP contribution in [0.3, 0.4) is 0 Å². The van der Waals surface area contributed by atoms with Crippen LogP contribution in [0.15, 0.2) is 27.8 Å². The van der Waals surface area contributed by atoms with Crippen molar-refractivity contribution in [3.05, 3.63) is 24.2 Å². The minimum Gasteiger partial charge on any atom is -0.469 e. The number of aliphatic imine (C=N–C) groups is 1. The third-order valence-electron chi connectivity index (χ3n) is 3.77. The van der Waals surface area contributed by atoms with Crippen LogP contribution in [0.4, 0.5) is 0 Å². The molecule has 126 valence electrons. The van der Waals surface area contributed by atoms with Crippen LogP contribution in [0.25, 0.3) is 0 Å². The Hall–Kier alpha value is -0.760. The molecule has 5 nitrogen and oxygen atoms in total. The molecule has 2 unspecified atom stereocenters. The van der Waals surface area contributed by atoms with E-state index < -0.39 is 0 Å². The normalized spacial score (nSPS) is 19.5. The number of ether oxygens (including phenoxy) is 1. The van der Waals surface area contributed by atoms with E-state index in [1.165, 1.54) is 0 Å². The number of hydrogen-bond acceptors (Lipinski definition) is 3. The molecule has 2 N–H and O–H groups in total. The predicted molar refractivity (Wildman–Crippen MR) is 99.9 cm³/mol. The number of nitrogens with zero attached hydrogens (tertiary/aromatic N) is 1. The highest BCUT2D eigenvalue weighted by molar-refractivity contribution is 14.0. The smallest absolute Gasteiger partial charge is 0.191 e. The molecule has 1 saturated heterocycles. The van der Waals surface area contributed by atoms with Gasteiger partial charge in [-0.2, -0.15) is 0 Å². The summed E-state index contributed by atoms with van der Waals surface area (Å²) in [5, 5.41) is 6.82. The number of rotatable bonds is 7. The Morgan fingerprint density at radius 3 is 3.00 bits per heavy atom. The number of hydrogen-bond donors (Lipinski definition) is 2. The Kier molecular flexibility index (Phi) is 9.54. The quantitative estimate of drug-likeness (QED) is 0.404. The molecule has 2 atom stereocenters. The van der Waals surface area contributed by atoms with Crippen molar-refractivity contribution in [2.75, 3.05) is 26.3 Å².